The normalized spacial score (nSPS) is 24.1. The second kappa shape index (κ2) is 37.0. The first-order chi connectivity index (χ1) is 43.6. The van der Waals surface area contributed by atoms with Crippen molar-refractivity contribution in [3.8, 4) is 0 Å². The lowest BCUT2D eigenvalue weighted by atomic mass is 10.0. The van der Waals surface area contributed by atoms with Gasteiger partial charge in [0.25, 0.3) is 0 Å². The molecule has 16 N–H and O–H groups in total. The van der Waals surface area contributed by atoms with E-state index in [1.54, 1.807) is 12.4 Å². The van der Waals surface area contributed by atoms with Crippen molar-refractivity contribution in [2.75, 3.05) is 78.1 Å². The number of aromatic nitrogens is 4. The summed E-state index contributed by atoms with van der Waals surface area (Å²) in [4.78, 5) is 140. The molecule has 31 heteroatoms. The number of thioether (sulfide) groups is 1. The molecule has 0 unspecified atom stereocenters. The van der Waals surface area contributed by atoms with Gasteiger partial charge in [0.05, 0.1) is 57.4 Å². The summed E-state index contributed by atoms with van der Waals surface area (Å²) in [5.41, 5.74) is 19.3. The first-order valence-electron chi connectivity index (χ1n) is 31.5. The number of rotatable bonds is 28. The Morgan fingerprint density at radius 3 is 2.20 bits per heavy atom. The Labute approximate surface area is 527 Å². The van der Waals surface area contributed by atoms with Gasteiger partial charge < -0.3 is 89.1 Å². The van der Waals surface area contributed by atoms with Gasteiger partial charge in [-0.2, -0.15) is 11.8 Å². The number of benzene rings is 1. The van der Waals surface area contributed by atoms with Crippen LogP contribution in [0, 0.1) is 0 Å². The molecule has 3 saturated heterocycles. The van der Waals surface area contributed by atoms with E-state index in [1.165, 1.54) is 9.58 Å². The predicted molar refractivity (Wildman–Crippen MR) is 331 cm³/mol. The van der Waals surface area contributed by atoms with Crippen LogP contribution in [0.2, 0.25) is 0 Å². The van der Waals surface area contributed by atoms with E-state index in [-0.39, 0.29) is 95.5 Å². The first-order valence-corrected chi connectivity index (χ1v) is 32.6. The summed E-state index contributed by atoms with van der Waals surface area (Å²) >= 11 is 1.85. The Hall–Kier alpha value is -7.45. The highest BCUT2D eigenvalue weighted by Gasteiger charge is 2.43. The number of aromatic amines is 1. The fourth-order valence-electron chi connectivity index (χ4n) is 11.4. The zero-order valence-electron chi connectivity index (χ0n) is 51.1. The molecule has 0 saturated carbocycles. The standard InChI is InChI=1S/C59H91N17O13S/c60-20-8-5-15-42-54(81)65-33-50(78)67-45(30-37-32-64-40-13-2-1-12-39(37)40)58(85)76-24-11-17-47(76)57(84)68-41(53(62)80)14-7-10-23-75-34-38(73-74-75)31-44(56(83)70-43(55(82)69-42)16-6-9-21-61)66-51(79)35-89-29-28-88-27-26-87-25-22-63-49(77)19-4-3-18-48-52-46(36-90-48)71-59(86)72-52/h1-2,12-13,32,34,41-48,52,64H,3-11,14-31,33,35-36,60-61H2,(H2,62,80)(H,63,77)(H,65,81)(H,66,79)(H,67,78)(H,68,84)(H,69,82)(H,70,83)(H2,71,72,86)/t41-,42-,43-,44-,45-,46-,47-,48-,52-/m0/s1. The number of unbranched alkanes of at least 4 members (excludes halogenated alkanes) is 3. The monoisotopic (exact) mass is 1280 g/mol. The number of nitrogens with zero attached hydrogens (tertiary/aromatic N) is 4. The lowest BCUT2D eigenvalue weighted by molar-refractivity contribution is -0.142. The van der Waals surface area contributed by atoms with Crippen LogP contribution in [0.3, 0.4) is 0 Å². The molecule has 0 spiro atoms. The summed E-state index contributed by atoms with van der Waals surface area (Å²) in [5.74, 6) is -4.63. The molecule has 4 aliphatic rings. The topological polar surface area (TPSA) is 434 Å². The number of ether oxygens (including phenoxy) is 3. The van der Waals surface area contributed by atoms with Crippen molar-refractivity contribution in [1.29, 1.82) is 0 Å². The predicted octanol–water partition coefficient (Wildman–Crippen LogP) is -2.11. The van der Waals surface area contributed by atoms with Crippen LogP contribution in [0.5, 0.6) is 0 Å². The van der Waals surface area contributed by atoms with Crippen LogP contribution >= 0.6 is 11.8 Å². The van der Waals surface area contributed by atoms with E-state index in [2.05, 4.69) is 63.1 Å². The number of para-hydroxylation sites is 1. The number of hydrogen-bond donors (Lipinski definition) is 13. The van der Waals surface area contributed by atoms with Gasteiger partial charge >= 0.3 is 6.03 Å². The quantitative estimate of drug-likeness (QED) is 0.0273. The number of primary amides is 1. The van der Waals surface area contributed by atoms with E-state index in [1.807, 2.05) is 36.0 Å². The summed E-state index contributed by atoms with van der Waals surface area (Å²) in [6.07, 6.45) is 9.95. The third-order valence-corrected chi connectivity index (χ3v) is 17.7. The summed E-state index contributed by atoms with van der Waals surface area (Å²) in [7, 11) is 0. The lowest BCUT2D eigenvalue weighted by Gasteiger charge is -2.30. The summed E-state index contributed by atoms with van der Waals surface area (Å²) in [6, 6.07) is 0.657. The zero-order chi connectivity index (χ0) is 64.2. The van der Waals surface area contributed by atoms with E-state index < -0.39 is 96.7 Å². The van der Waals surface area contributed by atoms with Gasteiger partial charge in [0.15, 0.2) is 0 Å². The molecule has 90 heavy (non-hydrogen) atoms. The highest BCUT2D eigenvalue weighted by atomic mass is 32.2. The molecule has 6 heterocycles. The summed E-state index contributed by atoms with van der Waals surface area (Å²) in [6.45, 7) is 1.28. The molecule has 2 aromatic heterocycles. The van der Waals surface area contributed by atoms with Crippen molar-refractivity contribution < 1.29 is 62.2 Å². The molecule has 3 fully saturated rings. The molecule has 3 aromatic rings. The number of H-pyrrole nitrogens is 1. The average molecular weight is 1280 g/mol. The molecule has 0 radical (unpaired) electrons. The lowest BCUT2D eigenvalue weighted by Crippen LogP contribution is -2.58. The molecule has 11 amide bonds. The van der Waals surface area contributed by atoms with Crippen molar-refractivity contribution in [2.24, 2.45) is 17.2 Å². The highest BCUT2D eigenvalue weighted by molar-refractivity contribution is 8.00. The molecule has 2 bridgehead atoms. The van der Waals surface area contributed by atoms with Crippen LogP contribution in [0.4, 0.5) is 4.79 Å². The molecule has 0 aliphatic carbocycles. The second-order valence-electron chi connectivity index (χ2n) is 23.0. The fourth-order valence-corrected chi connectivity index (χ4v) is 13.0. The molecule has 30 nitrogen and oxygen atoms in total. The molecule has 7 rings (SSSR count). The van der Waals surface area contributed by atoms with Gasteiger partial charge in [-0.15, -0.1) is 5.10 Å². The van der Waals surface area contributed by atoms with Crippen LogP contribution in [-0.4, -0.2) is 216 Å². The van der Waals surface area contributed by atoms with Gasteiger partial charge in [-0.1, -0.05) is 29.8 Å². The number of nitrogens with one attached hydrogen (secondary N) is 10. The van der Waals surface area contributed by atoms with E-state index in [9.17, 15) is 47.9 Å². The number of carbonyl (C=O) groups excluding carboxylic acids is 10. The maximum absolute atomic E-state index is 14.6. The number of fused-ring (bicyclic) bond motifs is 5. The number of urea groups is 1. The van der Waals surface area contributed by atoms with Crippen molar-refractivity contribution in [3.05, 3.63) is 47.9 Å². The molecule has 4 aliphatic heterocycles. The van der Waals surface area contributed by atoms with Crippen LogP contribution < -0.4 is 65.1 Å². The number of aryl methyl sites for hydroxylation is 1. The Bertz CT molecular complexity index is 2880. The fraction of sp³-hybridized carbons (Fsp3) is 0.661. The minimum Gasteiger partial charge on any atom is -0.377 e. The smallest absolute Gasteiger partial charge is 0.315 e. The van der Waals surface area contributed by atoms with Crippen molar-refractivity contribution in [2.45, 2.75) is 169 Å². The van der Waals surface area contributed by atoms with E-state index in [0.29, 0.717) is 101 Å². The van der Waals surface area contributed by atoms with Gasteiger partial charge in [-0.25, -0.2) is 4.79 Å². The zero-order valence-corrected chi connectivity index (χ0v) is 51.9. The van der Waals surface area contributed by atoms with Gasteiger partial charge in [0, 0.05) is 73.2 Å². The second-order valence-corrected chi connectivity index (χ2v) is 24.3. The minimum atomic E-state index is -1.31. The van der Waals surface area contributed by atoms with Gasteiger partial charge in [0.2, 0.25) is 53.2 Å². The largest absolute Gasteiger partial charge is 0.377 e. The average Bonchev–Trinajstić information content (AvgIpc) is 3.75. The van der Waals surface area contributed by atoms with Crippen LogP contribution in [0.1, 0.15) is 108 Å². The number of amides is 11. The highest BCUT2D eigenvalue weighted by Crippen LogP contribution is 2.33. The molecule has 9 atom stereocenters. The first kappa shape index (κ1) is 70.0. The SMILES string of the molecule is NCCCC[C@@H]1NC(=O)[C@H](CCCCN)NC(=O)[C@@H](NC(=O)COCCOCCOCCNC(=O)CCCC[C@@H]2SC[C@@H]3NC(=O)N[C@@H]32)Cc2cn(nn2)CCCC[C@@H](C(N)=O)NC(=O)[C@@H]2CCCN2C(=O)[C@H](Cc2c[nH]c3ccccc23)NC(=O)CNC1=O. The Morgan fingerprint density at radius 2 is 1.43 bits per heavy atom. The molecule has 1 aromatic carbocycles. The van der Waals surface area contributed by atoms with E-state index in [4.69, 9.17) is 31.4 Å². The van der Waals surface area contributed by atoms with Crippen LogP contribution in [-0.2, 0) is 76.7 Å². The van der Waals surface area contributed by atoms with Crippen molar-refractivity contribution >= 4 is 81.9 Å². The summed E-state index contributed by atoms with van der Waals surface area (Å²) in [5, 5.41) is 34.8. The maximum atomic E-state index is 14.6. The Morgan fingerprint density at radius 1 is 0.711 bits per heavy atom. The number of nitrogens with two attached hydrogens (primary N) is 3. The number of carbonyl (C=O) groups is 10. The number of hydrogen-bond acceptors (Lipinski definition) is 18. The van der Waals surface area contributed by atoms with Crippen molar-refractivity contribution in [3.63, 3.8) is 0 Å². The van der Waals surface area contributed by atoms with Crippen molar-refractivity contribution in [1.82, 2.24) is 72.7 Å². The van der Waals surface area contributed by atoms with Crippen LogP contribution in [0.15, 0.2) is 36.7 Å². The minimum absolute atomic E-state index is 0.0179. The maximum Gasteiger partial charge on any atom is 0.315 e. The van der Waals surface area contributed by atoms with Gasteiger partial charge in [-0.05, 0) is 108 Å². The molecular weight excluding hydrogens is 1190 g/mol. The summed E-state index contributed by atoms with van der Waals surface area (Å²) < 4.78 is 18.3. The van der Waals surface area contributed by atoms with Gasteiger partial charge in [0.1, 0.15) is 42.9 Å². The molecule has 496 valence electrons. The molecular formula is C59H91N17O13S. The third-order valence-electron chi connectivity index (χ3n) is 16.2. The van der Waals surface area contributed by atoms with Crippen LogP contribution in [0.25, 0.3) is 10.9 Å². The Kier molecular flexibility index (Phi) is 28.8. The third kappa shape index (κ3) is 22.2. The van der Waals surface area contributed by atoms with E-state index in [0.717, 1.165) is 35.9 Å². The van der Waals surface area contributed by atoms with Gasteiger partial charge in [-0.3, -0.25) is 47.8 Å². The van der Waals surface area contributed by atoms with E-state index >= 15 is 0 Å². The Balaban J connectivity index is 0.955.